The van der Waals surface area contributed by atoms with Gasteiger partial charge in [0.15, 0.2) is 0 Å². The van der Waals surface area contributed by atoms with Crippen molar-refractivity contribution < 1.29 is 9.13 Å². The summed E-state index contributed by atoms with van der Waals surface area (Å²) in [5.74, 6) is 0.773. The number of aryl methyl sites for hydroxylation is 2. The molecule has 1 aliphatic rings. The zero-order valence-electron chi connectivity index (χ0n) is 12.6. The summed E-state index contributed by atoms with van der Waals surface area (Å²) < 4.78 is 20.3. The molecular formula is C17H18BrFN2O. The minimum Gasteiger partial charge on any atom is -0.370 e. The second kappa shape index (κ2) is 6.34. The fourth-order valence-corrected chi connectivity index (χ4v) is 2.85. The second-order valence-corrected chi connectivity index (χ2v) is 6.41. The Balaban J connectivity index is 1.81. The maximum atomic E-state index is 13.4. The monoisotopic (exact) mass is 364 g/mol. The van der Waals surface area contributed by atoms with Crippen LogP contribution < -0.4 is 4.90 Å². The van der Waals surface area contributed by atoms with Crippen LogP contribution >= 0.6 is 15.9 Å². The van der Waals surface area contributed by atoms with Gasteiger partial charge in [-0.05, 0) is 59.1 Å². The largest absolute Gasteiger partial charge is 0.370 e. The van der Waals surface area contributed by atoms with Gasteiger partial charge in [-0.1, -0.05) is 12.1 Å². The van der Waals surface area contributed by atoms with Crippen LogP contribution in [-0.4, -0.2) is 24.7 Å². The predicted octanol–water partition coefficient (Wildman–Crippen LogP) is 4.18. The Morgan fingerprint density at radius 2 is 2.09 bits per heavy atom. The number of pyridine rings is 1. The quantitative estimate of drug-likeness (QED) is 0.799. The third-order valence-electron chi connectivity index (χ3n) is 3.95. The Morgan fingerprint density at radius 1 is 1.27 bits per heavy atom. The first-order valence-electron chi connectivity index (χ1n) is 7.30. The minimum absolute atomic E-state index is 0.0567. The van der Waals surface area contributed by atoms with E-state index in [1.807, 2.05) is 25.1 Å². The van der Waals surface area contributed by atoms with Gasteiger partial charge in [0, 0.05) is 17.6 Å². The van der Waals surface area contributed by atoms with Crippen molar-refractivity contribution in [3.8, 4) is 0 Å². The molecule has 0 N–H and O–H groups in total. The molecule has 3 rings (SSSR count). The van der Waals surface area contributed by atoms with Crippen LogP contribution in [0, 0.1) is 19.7 Å². The number of morpholine rings is 1. The molecule has 1 aromatic carbocycles. The van der Waals surface area contributed by atoms with E-state index in [-0.39, 0.29) is 11.9 Å². The van der Waals surface area contributed by atoms with Gasteiger partial charge in [0.2, 0.25) is 0 Å². The average Bonchev–Trinajstić information content (AvgIpc) is 2.53. The lowest BCUT2D eigenvalue weighted by atomic mass is 10.0. The maximum Gasteiger partial charge on any atom is 0.129 e. The lowest BCUT2D eigenvalue weighted by molar-refractivity contribution is 0.0394. The summed E-state index contributed by atoms with van der Waals surface area (Å²) in [4.78, 5) is 6.83. The Kier molecular flexibility index (Phi) is 4.45. The predicted molar refractivity (Wildman–Crippen MR) is 88.7 cm³/mol. The molecule has 1 unspecified atom stereocenters. The van der Waals surface area contributed by atoms with E-state index in [1.165, 1.54) is 6.07 Å². The van der Waals surface area contributed by atoms with Gasteiger partial charge in [0.25, 0.3) is 0 Å². The minimum atomic E-state index is -0.179. The SMILES string of the molecule is Cc1cc(C2CN(c3ccc(Br)c(C)n3)CCO2)ccc1F. The Morgan fingerprint density at radius 3 is 2.82 bits per heavy atom. The lowest BCUT2D eigenvalue weighted by Crippen LogP contribution is -2.39. The standard InChI is InChI=1S/C17H18BrFN2O/c1-11-9-13(3-5-15(11)19)16-10-21(7-8-22-16)17-6-4-14(18)12(2)20-17/h3-6,9,16H,7-8,10H2,1-2H3. The molecule has 0 bridgehead atoms. The third kappa shape index (κ3) is 3.15. The Bertz CT molecular complexity index is 635. The molecule has 1 fully saturated rings. The first kappa shape index (κ1) is 15.4. The number of hydrogen-bond acceptors (Lipinski definition) is 3. The zero-order valence-corrected chi connectivity index (χ0v) is 14.2. The number of aromatic nitrogens is 1. The number of benzene rings is 1. The summed E-state index contributed by atoms with van der Waals surface area (Å²) in [6.07, 6.45) is -0.0567. The van der Waals surface area contributed by atoms with Crippen LogP contribution in [0.1, 0.15) is 22.9 Å². The van der Waals surface area contributed by atoms with Gasteiger partial charge in [0.1, 0.15) is 17.7 Å². The second-order valence-electron chi connectivity index (χ2n) is 5.55. The molecule has 0 aliphatic carbocycles. The van der Waals surface area contributed by atoms with Gasteiger partial charge < -0.3 is 9.64 Å². The van der Waals surface area contributed by atoms with Crippen molar-refractivity contribution in [2.45, 2.75) is 20.0 Å². The van der Waals surface area contributed by atoms with Crippen LogP contribution in [0.25, 0.3) is 0 Å². The summed E-state index contributed by atoms with van der Waals surface area (Å²) in [6, 6.07) is 9.20. The van der Waals surface area contributed by atoms with E-state index < -0.39 is 0 Å². The highest BCUT2D eigenvalue weighted by Gasteiger charge is 2.23. The van der Waals surface area contributed by atoms with Crippen LogP contribution in [0.4, 0.5) is 10.2 Å². The van der Waals surface area contributed by atoms with Crippen molar-refractivity contribution in [2.24, 2.45) is 0 Å². The Hall–Kier alpha value is -1.46. The molecule has 1 aromatic heterocycles. The number of nitrogens with zero attached hydrogens (tertiary/aromatic N) is 2. The van der Waals surface area contributed by atoms with Crippen LogP contribution in [0.3, 0.4) is 0 Å². The van der Waals surface area contributed by atoms with Crippen molar-refractivity contribution in [1.29, 1.82) is 0 Å². The summed E-state index contributed by atoms with van der Waals surface area (Å²) >= 11 is 3.48. The Labute approximate surface area is 138 Å². The highest BCUT2D eigenvalue weighted by molar-refractivity contribution is 9.10. The highest BCUT2D eigenvalue weighted by atomic mass is 79.9. The molecule has 3 nitrogen and oxygen atoms in total. The molecule has 0 saturated carbocycles. The molecule has 0 amide bonds. The summed E-state index contributed by atoms with van der Waals surface area (Å²) in [7, 11) is 0. The van der Waals surface area contributed by atoms with Gasteiger partial charge in [-0.3, -0.25) is 0 Å². The molecule has 1 saturated heterocycles. The van der Waals surface area contributed by atoms with Crippen LogP contribution in [-0.2, 0) is 4.74 Å². The van der Waals surface area contributed by atoms with Crippen molar-refractivity contribution in [3.05, 3.63) is 57.4 Å². The van der Waals surface area contributed by atoms with E-state index in [9.17, 15) is 4.39 Å². The topological polar surface area (TPSA) is 25.4 Å². The van der Waals surface area contributed by atoms with E-state index >= 15 is 0 Å². The fourth-order valence-electron chi connectivity index (χ4n) is 2.63. The van der Waals surface area contributed by atoms with Crippen molar-refractivity contribution in [2.75, 3.05) is 24.6 Å². The van der Waals surface area contributed by atoms with Crippen molar-refractivity contribution in [3.63, 3.8) is 0 Å². The summed E-state index contributed by atoms with van der Waals surface area (Å²) in [5.41, 5.74) is 2.63. The van der Waals surface area contributed by atoms with Crippen LogP contribution in [0.5, 0.6) is 0 Å². The first-order valence-corrected chi connectivity index (χ1v) is 8.09. The maximum absolute atomic E-state index is 13.4. The average molecular weight is 365 g/mol. The van der Waals surface area contributed by atoms with E-state index in [1.54, 1.807) is 13.0 Å². The molecule has 5 heteroatoms. The normalized spacial score (nSPS) is 18.5. The summed E-state index contributed by atoms with van der Waals surface area (Å²) in [6.45, 7) is 5.93. The van der Waals surface area contributed by atoms with Crippen molar-refractivity contribution >= 4 is 21.7 Å². The molecular weight excluding hydrogens is 347 g/mol. The van der Waals surface area contributed by atoms with Gasteiger partial charge >= 0.3 is 0 Å². The van der Waals surface area contributed by atoms with Crippen molar-refractivity contribution in [1.82, 2.24) is 4.98 Å². The first-order chi connectivity index (χ1) is 10.5. The van der Waals surface area contributed by atoms with E-state index in [4.69, 9.17) is 4.74 Å². The highest BCUT2D eigenvalue weighted by Crippen LogP contribution is 2.27. The number of ether oxygens (including phenoxy) is 1. The molecule has 2 aromatic rings. The van der Waals surface area contributed by atoms with Crippen LogP contribution in [0.15, 0.2) is 34.8 Å². The molecule has 116 valence electrons. The number of anilines is 1. The fraction of sp³-hybridized carbons (Fsp3) is 0.353. The van der Waals surface area contributed by atoms with Gasteiger partial charge in [-0.15, -0.1) is 0 Å². The van der Waals surface area contributed by atoms with Gasteiger partial charge in [0.05, 0.1) is 12.3 Å². The van der Waals surface area contributed by atoms with E-state index in [2.05, 4.69) is 25.8 Å². The number of rotatable bonds is 2. The van der Waals surface area contributed by atoms with Gasteiger partial charge in [-0.2, -0.15) is 0 Å². The van der Waals surface area contributed by atoms with E-state index in [0.717, 1.165) is 34.6 Å². The third-order valence-corrected chi connectivity index (χ3v) is 4.79. The molecule has 22 heavy (non-hydrogen) atoms. The molecule has 1 atom stereocenters. The lowest BCUT2D eigenvalue weighted by Gasteiger charge is -2.34. The number of halogens is 2. The van der Waals surface area contributed by atoms with E-state index in [0.29, 0.717) is 12.2 Å². The molecule has 0 radical (unpaired) electrons. The van der Waals surface area contributed by atoms with Gasteiger partial charge in [-0.25, -0.2) is 9.37 Å². The number of hydrogen-bond donors (Lipinski definition) is 0. The molecule has 2 heterocycles. The molecule has 0 spiro atoms. The zero-order chi connectivity index (χ0) is 15.7. The van der Waals surface area contributed by atoms with Crippen LogP contribution in [0.2, 0.25) is 0 Å². The smallest absolute Gasteiger partial charge is 0.129 e. The molecule has 1 aliphatic heterocycles. The summed E-state index contributed by atoms with van der Waals surface area (Å²) in [5, 5.41) is 0.